The van der Waals surface area contributed by atoms with E-state index in [4.69, 9.17) is 5.73 Å². The monoisotopic (exact) mass is 315 g/mol. The van der Waals surface area contributed by atoms with Gasteiger partial charge in [-0.15, -0.1) is 0 Å². The van der Waals surface area contributed by atoms with Gasteiger partial charge in [0.2, 0.25) is 17.8 Å². The van der Waals surface area contributed by atoms with E-state index in [-0.39, 0.29) is 30.7 Å². The number of hydrogen-bond donors (Lipinski definition) is 2. The van der Waals surface area contributed by atoms with Crippen molar-refractivity contribution in [2.75, 3.05) is 7.11 Å². The standard InChI is InChI=1S/C15H17N5O3/c1-9-5-3-4-6-11(9)18-14(16)20-15-17-10(7-12(21)19-15)8-13(22)23-2/h3-6H,7-8H2,1-2H3,(H3,16,18,19,20,21). The highest BCUT2D eigenvalue weighted by atomic mass is 16.5. The number of rotatable bonds is 3. The second-order valence-corrected chi connectivity index (χ2v) is 4.85. The van der Waals surface area contributed by atoms with E-state index in [1.807, 2.05) is 25.1 Å². The largest absolute Gasteiger partial charge is 0.469 e. The molecule has 8 nitrogen and oxygen atoms in total. The summed E-state index contributed by atoms with van der Waals surface area (Å²) >= 11 is 0. The maximum absolute atomic E-state index is 11.6. The molecule has 2 rings (SSSR count). The molecular formula is C15H17N5O3. The first kappa shape index (κ1) is 16.3. The molecule has 0 saturated heterocycles. The second kappa shape index (κ2) is 7.30. The lowest BCUT2D eigenvalue weighted by molar-refractivity contribution is -0.139. The van der Waals surface area contributed by atoms with Crippen LogP contribution in [0, 0.1) is 6.92 Å². The molecule has 0 unspecified atom stereocenters. The SMILES string of the molecule is COC(=O)CC1=NC(=NC(N)=Nc2ccccc2C)NC(=O)C1. The fourth-order valence-electron chi connectivity index (χ4n) is 1.91. The van der Waals surface area contributed by atoms with Gasteiger partial charge in [0, 0.05) is 5.71 Å². The third-order valence-corrected chi connectivity index (χ3v) is 3.03. The van der Waals surface area contributed by atoms with Crippen LogP contribution in [0.25, 0.3) is 0 Å². The van der Waals surface area contributed by atoms with E-state index in [2.05, 4.69) is 25.0 Å². The molecular weight excluding hydrogens is 298 g/mol. The Morgan fingerprint density at radius 3 is 2.87 bits per heavy atom. The highest BCUT2D eigenvalue weighted by molar-refractivity contribution is 6.20. The molecule has 1 aromatic rings. The molecule has 120 valence electrons. The lowest BCUT2D eigenvalue weighted by Crippen LogP contribution is -2.37. The van der Waals surface area contributed by atoms with Gasteiger partial charge in [0.25, 0.3) is 0 Å². The summed E-state index contributed by atoms with van der Waals surface area (Å²) in [5.41, 5.74) is 7.76. The van der Waals surface area contributed by atoms with Gasteiger partial charge in [-0.25, -0.2) is 9.98 Å². The Kier molecular flexibility index (Phi) is 5.19. The third kappa shape index (κ3) is 4.73. The van der Waals surface area contributed by atoms with Crippen LogP contribution in [-0.4, -0.2) is 36.6 Å². The minimum Gasteiger partial charge on any atom is -0.469 e. The highest BCUT2D eigenvalue weighted by Crippen LogP contribution is 2.16. The van der Waals surface area contributed by atoms with Crippen LogP contribution >= 0.6 is 0 Å². The molecule has 0 spiro atoms. The Morgan fingerprint density at radius 2 is 2.17 bits per heavy atom. The number of carbonyl (C=O) groups is 2. The van der Waals surface area contributed by atoms with Crippen molar-refractivity contribution in [1.82, 2.24) is 5.32 Å². The number of esters is 1. The number of amides is 1. The van der Waals surface area contributed by atoms with Crippen LogP contribution in [0.2, 0.25) is 0 Å². The lowest BCUT2D eigenvalue weighted by Gasteiger charge is -2.13. The number of para-hydroxylation sites is 1. The molecule has 1 aliphatic heterocycles. The number of ether oxygens (including phenoxy) is 1. The van der Waals surface area contributed by atoms with E-state index in [1.54, 1.807) is 6.07 Å². The van der Waals surface area contributed by atoms with E-state index < -0.39 is 5.97 Å². The summed E-state index contributed by atoms with van der Waals surface area (Å²) in [7, 11) is 1.27. The average Bonchev–Trinajstić information content (AvgIpc) is 2.48. The Balaban J connectivity index is 2.23. The summed E-state index contributed by atoms with van der Waals surface area (Å²) in [4.78, 5) is 35.2. The van der Waals surface area contributed by atoms with Crippen molar-refractivity contribution in [2.45, 2.75) is 19.8 Å². The van der Waals surface area contributed by atoms with Gasteiger partial charge in [-0.05, 0) is 18.6 Å². The Labute approximate surface area is 133 Å². The normalized spacial score (nSPS) is 16.8. The van der Waals surface area contributed by atoms with Crippen LogP contribution in [0.3, 0.4) is 0 Å². The number of aryl methyl sites for hydroxylation is 1. The van der Waals surface area contributed by atoms with Crippen LogP contribution in [0.4, 0.5) is 5.69 Å². The molecule has 0 radical (unpaired) electrons. The molecule has 0 aromatic heterocycles. The Bertz CT molecular complexity index is 722. The molecule has 1 heterocycles. The molecule has 23 heavy (non-hydrogen) atoms. The molecule has 0 fully saturated rings. The fourth-order valence-corrected chi connectivity index (χ4v) is 1.91. The zero-order valence-electron chi connectivity index (χ0n) is 12.9. The van der Waals surface area contributed by atoms with Gasteiger partial charge >= 0.3 is 5.97 Å². The summed E-state index contributed by atoms with van der Waals surface area (Å²) in [5, 5.41) is 2.48. The predicted octanol–water partition coefficient (Wildman–Crippen LogP) is 0.821. The van der Waals surface area contributed by atoms with Crippen molar-refractivity contribution in [1.29, 1.82) is 0 Å². The number of nitrogens with zero attached hydrogens (tertiary/aromatic N) is 3. The first-order valence-electron chi connectivity index (χ1n) is 6.89. The highest BCUT2D eigenvalue weighted by Gasteiger charge is 2.19. The van der Waals surface area contributed by atoms with Crippen molar-refractivity contribution in [3.8, 4) is 0 Å². The molecule has 0 atom stereocenters. The van der Waals surface area contributed by atoms with Crippen LogP contribution in [0.15, 0.2) is 39.2 Å². The number of nitrogens with two attached hydrogens (primary N) is 1. The predicted molar refractivity (Wildman–Crippen MR) is 86.7 cm³/mol. The van der Waals surface area contributed by atoms with Gasteiger partial charge in [-0.3, -0.25) is 14.9 Å². The summed E-state index contributed by atoms with van der Waals surface area (Å²) in [6.45, 7) is 1.90. The molecule has 0 saturated carbocycles. The molecule has 1 aliphatic rings. The molecule has 0 bridgehead atoms. The Hall–Kier alpha value is -3.03. The number of aliphatic imine (C=N–C) groups is 3. The fraction of sp³-hybridized carbons (Fsp3) is 0.267. The summed E-state index contributed by atoms with van der Waals surface area (Å²) in [5.74, 6) is -0.826. The molecule has 0 aliphatic carbocycles. The Morgan fingerprint density at radius 1 is 1.43 bits per heavy atom. The number of benzene rings is 1. The van der Waals surface area contributed by atoms with Crippen molar-refractivity contribution < 1.29 is 14.3 Å². The quantitative estimate of drug-likeness (QED) is 0.487. The number of nitrogens with one attached hydrogen (secondary N) is 1. The zero-order chi connectivity index (χ0) is 16.8. The van der Waals surface area contributed by atoms with Crippen molar-refractivity contribution >= 4 is 35.2 Å². The molecule has 3 N–H and O–H groups in total. The third-order valence-electron chi connectivity index (χ3n) is 3.03. The summed E-state index contributed by atoms with van der Waals surface area (Å²) in [6.07, 6.45) is -0.0548. The molecule has 1 amide bonds. The van der Waals surface area contributed by atoms with Gasteiger partial charge in [-0.2, -0.15) is 4.99 Å². The van der Waals surface area contributed by atoms with E-state index in [9.17, 15) is 9.59 Å². The topological polar surface area (TPSA) is 118 Å². The summed E-state index contributed by atoms with van der Waals surface area (Å²) < 4.78 is 4.56. The number of methoxy groups -OCH3 is 1. The minimum absolute atomic E-state index is 0.00925. The van der Waals surface area contributed by atoms with E-state index in [0.717, 1.165) is 5.56 Å². The van der Waals surface area contributed by atoms with Crippen molar-refractivity contribution in [2.24, 2.45) is 20.7 Å². The smallest absolute Gasteiger partial charge is 0.311 e. The average molecular weight is 315 g/mol. The van der Waals surface area contributed by atoms with Crippen LogP contribution < -0.4 is 11.1 Å². The molecule has 1 aromatic carbocycles. The van der Waals surface area contributed by atoms with Gasteiger partial charge in [0.15, 0.2) is 0 Å². The van der Waals surface area contributed by atoms with Crippen LogP contribution in [0.5, 0.6) is 0 Å². The van der Waals surface area contributed by atoms with Gasteiger partial charge in [-0.1, -0.05) is 18.2 Å². The van der Waals surface area contributed by atoms with Gasteiger partial charge < -0.3 is 10.5 Å². The number of hydrogen-bond acceptors (Lipinski definition) is 4. The minimum atomic E-state index is -0.473. The summed E-state index contributed by atoms with van der Waals surface area (Å²) in [6, 6.07) is 7.42. The first-order chi connectivity index (χ1) is 11.0. The molecule has 8 heteroatoms. The lowest BCUT2D eigenvalue weighted by atomic mass is 10.1. The van der Waals surface area contributed by atoms with E-state index in [1.165, 1.54) is 7.11 Å². The van der Waals surface area contributed by atoms with Gasteiger partial charge in [0.05, 0.1) is 25.6 Å². The van der Waals surface area contributed by atoms with Crippen molar-refractivity contribution in [3.63, 3.8) is 0 Å². The first-order valence-corrected chi connectivity index (χ1v) is 6.89. The second-order valence-electron chi connectivity index (χ2n) is 4.85. The van der Waals surface area contributed by atoms with Crippen molar-refractivity contribution in [3.05, 3.63) is 29.8 Å². The maximum atomic E-state index is 11.6. The zero-order valence-corrected chi connectivity index (χ0v) is 12.9. The van der Waals surface area contributed by atoms with E-state index >= 15 is 0 Å². The van der Waals surface area contributed by atoms with Gasteiger partial charge in [0.1, 0.15) is 0 Å². The maximum Gasteiger partial charge on any atom is 0.311 e. The number of carbonyl (C=O) groups excluding carboxylic acids is 2. The van der Waals surface area contributed by atoms with E-state index in [0.29, 0.717) is 11.4 Å². The van der Waals surface area contributed by atoms with Crippen LogP contribution in [-0.2, 0) is 14.3 Å². The van der Waals surface area contributed by atoms with Crippen LogP contribution in [0.1, 0.15) is 18.4 Å². The number of guanidine groups is 2.